The summed E-state index contributed by atoms with van der Waals surface area (Å²) in [5.74, 6) is 1.46. The monoisotopic (exact) mass is 411 g/mol. The molecule has 0 atom stereocenters. The summed E-state index contributed by atoms with van der Waals surface area (Å²) in [6.07, 6.45) is 4.72. The molecule has 3 aliphatic heterocycles. The molecule has 0 unspecified atom stereocenters. The maximum absolute atomic E-state index is 13.6. The predicted octanol–water partition coefficient (Wildman–Crippen LogP) is 5.13. The molecule has 0 saturated carbocycles. The van der Waals surface area contributed by atoms with Gasteiger partial charge in [-0.25, -0.2) is 4.79 Å². The van der Waals surface area contributed by atoms with Gasteiger partial charge in [-0.05, 0) is 63.0 Å². The Bertz CT molecular complexity index is 905. The van der Waals surface area contributed by atoms with Crippen LogP contribution < -0.4 is 9.64 Å². The first-order chi connectivity index (χ1) is 14.2. The molecule has 0 aliphatic carbocycles. The van der Waals surface area contributed by atoms with Gasteiger partial charge in [0.05, 0.1) is 12.2 Å². The molecule has 0 spiro atoms. The van der Waals surface area contributed by atoms with Crippen molar-refractivity contribution in [2.75, 3.05) is 31.1 Å². The Balaban J connectivity index is 1.39. The third kappa shape index (κ3) is 3.69. The fraction of sp³-hybridized carbons (Fsp3) is 0.435. The van der Waals surface area contributed by atoms with E-state index < -0.39 is 0 Å². The second kappa shape index (κ2) is 7.88. The first kappa shape index (κ1) is 18.8. The summed E-state index contributed by atoms with van der Waals surface area (Å²) in [5, 5.41) is 0.601. The average molecular weight is 412 g/mol. The lowest BCUT2D eigenvalue weighted by Gasteiger charge is -2.38. The molecule has 2 saturated heterocycles. The van der Waals surface area contributed by atoms with Crippen LogP contribution in [0.5, 0.6) is 11.5 Å². The van der Waals surface area contributed by atoms with Crippen LogP contribution in [-0.4, -0.2) is 48.1 Å². The molecule has 2 aromatic carbocycles. The summed E-state index contributed by atoms with van der Waals surface area (Å²) < 4.78 is 6.13. The standard InChI is InChI=1S/C23H26ClN3O2/c24-18-7-8-22-20(15-18)27(16-17-5-1-2-6-21(17)29-22)23(28)26-13-9-19(10-14-26)25-11-3-4-12-25/h1-2,5-8,15,19H,3-4,9-14,16H2. The quantitative estimate of drug-likeness (QED) is 0.652. The van der Waals surface area contributed by atoms with E-state index in [9.17, 15) is 4.79 Å². The van der Waals surface area contributed by atoms with Crippen molar-refractivity contribution in [1.82, 2.24) is 9.80 Å². The van der Waals surface area contributed by atoms with Crippen LogP contribution >= 0.6 is 11.6 Å². The topological polar surface area (TPSA) is 36.0 Å². The van der Waals surface area contributed by atoms with Crippen LogP contribution in [0.4, 0.5) is 10.5 Å². The number of hydrogen-bond acceptors (Lipinski definition) is 3. The zero-order valence-corrected chi connectivity index (χ0v) is 17.3. The van der Waals surface area contributed by atoms with Crippen molar-refractivity contribution in [1.29, 1.82) is 0 Å². The van der Waals surface area contributed by atoms with Gasteiger partial charge in [0.2, 0.25) is 0 Å². The highest BCUT2D eigenvalue weighted by atomic mass is 35.5. The molecule has 0 aromatic heterocycles. The number of nitrogens with zero attached hydrogens (tertiary/aromatic N) is 3. The Morgan fingerprint density at radius 2 is 1.72 bits per heavy atom. The number of carbonyl (C=O) groups excluding carboxylic acids is 1. The normalized spacial score (nSPS) is 20.0. The van der Waals surface area contributed by atoms with Crippen LogP contribution in [0.15, 0.2) is 42.5 Å². The number of hydrogen-bond donors (Lipinski definition) is 0. The minimum atomic E-state index is 0.0358. The van der Waals surface area contributed by atoms with E-state index in [0.717, 1.165) is 42.9 Å². The van der Waals surface area contributed by atoms with Gasteiger partial charge in [0.1, 0.15) is 5.75 Å². The van der Waals surface area contributed by atoms with E-state index in [1.54, 1.807) is 6.07 Å². The van der Waals surface area contributed by atoms with E-state index in [2.05, 4.69) is 4.90 Å². The first-order valence-corrected chi connectivity index (χ1v) is 10.9. The van der Waals surface area contributed by atoms with Crippen LogP contribution in [0.3, 0.4) is 0 Å². The number of piperidine rings is 1. The van der Waals surface area contributed by atoms with Gasteiger partial charge in [-0.15, -0.1) is 0 Å². The number of rotatable bonds is 1. The van der Waals surface area contributed by atoms with Gasteiger partial charge in [-0.1, -0.05) is 29.8 Å². The summed E-state index contributed by atoms with van der Waals surface area (Å²) >= 11 is 6.28. The molecule has 6 heteroatoms. The molecular formula is C23H26ClN3O2. The largest absolute Gasteiger partial charge is 0.455 e. The second-order valence-corrected chi connectivity index (χ2v) is 8.59. The van der Waals surface area contributed by atoms with Crippen LogP contribution in [-0.2, 0) is 6.54 Å². The minimum absolute atomic E-state index is 0.0358. The summed E-state index contributed by atoms with van der Waals surface area (Å²) in [7, 11) is 0. The number of ether oxygens (including phenoxy) is 1. The number of likely N-dealkylation sites (tertiary alicyclic amines) is 2. The van der Waals surface area contributed by atoms with Gasteiger partial charge in [-0.2, -0.15) is 0 Å². The third-order valence-electron chi connectivity index (χ3n) is 6.36. The van der Waals surface area contributed by atoms with Gasteiger partial charge in [0, 0.05) is 29.7 Å². The van der Waals surface area contributed by atoms with Gasteiger partial charge >= 0.3 is 6.03 Å². The molecule has 5 rings (SSSR count). The van der Waals surface area contributed by atoms with Crippen molar-refractivity contribution in [3.05, 3.63) is 53.1 Å². The van der Waals surface area contributed by atoms with Crippen molar-refractivity contribution in [2.24, 2.45) is 0 Å². The predicted molar refractivity (Wildman–Crippen MR) is 115 cm³/mol. The van der Waals surface area contributed by atoms with Crippen LogP contribution in [0.1, 0.15) is 31.2 Å². The van der Waals surface area contributed by atoms with E-state index >= 15 is 0 Å². The van der Waals surface area contributed by atoms with Crippen LogP contribution in [0.2, 0.25) is 5.02 Å². The average Bonchev–Trinajstić information content (AvgIpc) is 3.23. The van der Waals surface area contributed by atoms with E-state index in [1.165, 1.54) is 25.9 Å². The highest BCUT2D eigenvalue weighted by Gasteiger charge is 2.33. The molecule has 0 bridgehead atoms. The number of amides is 2. The second-order valence-electron chi connectivity index (χ2n) is 8.15. The SMILES string of the molecule is O=C(N1CCC(N2CCCC2)CC1)N1Cc2ccccc2Oc2ccc(Cl)cc21. The van der Waals surface area contributed by atoms with Crippen LogP contribution in [0, 0.1) is 0 Å². The van der Waals surface area contributed by atoms with Gasteiger partial charge in [-0.3, -0.25) is 4.90 Å². The van der Waals surface area contributed by atoms with Crippen molar-refractivity contribution >= 4 is 23.3 Å². The minimum Gasteiger partial charge on any atom is -0.455 e. The number of anilines is 1. The molecular weight excluding hydrogens is 386 g/mol. The molecule has 29 heavy (non-hydrogen) atoms. The number of para-hydroxylation sites is 1. The highest BCUT2D eigenvalue weighted by Crippen LogP contribution is 2.41. The van der Waals surface area contributed by atoms with E-state index in [-0.39, 0.29) is 6.03 Å². The van der Waals surface area contributed by atoms with E-state index in [4.69, 9.17) is 16.3 Å². The van der Waals surface area contributed by atoms with Gasteiger partial charge in [0.15, 0.2) is 5.75 Å². The summed E-state index contributed by atoms with van der Waals surface area (Å²) in [6.45, 7) is 4.51. The Hall–Kier alpha value is -2.24. The Labute approximate surface area is 176 Å². The zero-order valence-electron chi connectivity index (χ0n) is 16.5. The van der Waals surface area contributed by atoms with Crippen LogP contribution in [0.25, 0.3) is 0 Å². The maximum Gasteiger partial charge on any atom is 0.324 e. The molecule has 2 fully saturated rings. The number of carbonyl (C=O) groups is 1. The van der Waals surface area contributed by atoms with Gasteiger partial charge in [0.25, 0.3) is 0 Å². The summed E-state index contributed by atoms with van der Waals surface area (Å²) in [4.78, 5) is 20.0. The number of fused-ring (bicyclic) bond motifs is 2. The zero-order chi connectivity index (χ0) is 19.8. The molecule has 2 amide bonds. The molecule has 152 valence electrons. The highest BCUT2D eigenvalue weighted by molar-refractivity contribution is 6.31. The lowest BCUT2D eigenvalue weighted by molar-refractivity contribution is 0.137. The number of urea groups is 1. The lowest BCUT2D eigenvalue weighted by Crippen LogP contribution is -2.50. The van der Waals surface area contributed by atoms with Crippen molar-refractivity contribution < 1.29 is 9.53 Å². The van der Waals surface area contributed by atoms with Crippen molar-refractivity contribution in [2.45, 2.75) is 38.3 Å². The summed E-state index contributed by atoms with van der Waals surface area (Å²) in [6, 6.07) is 14.0. The fourth-order valence-corrected chi connectivity index (χ4v) is 4.93. The molecule has 5 nitrogen and oxygen atoms in total. The summed E-state index contributed by atoms with van der Waals surface area (Å²) in [5.41, 5.74) is 1.74. The first-order valence-electron chi connectivity index (χ1n) is 10.5. The molecule has 0 radical (unpaired) electrons. The third-order valence-corrected chi connectivity index (χ3v) is 6.59. The molecule has 0 N–H and O–H groups in total. The van der Waals surface area contributed by atoms with Crippen molar-refractivity contribution in [3.8, 4) is 11.5 Å². The van der Waals surface area contributed by atoms with Gasteiger partial charge < -0.3 is 14.5 Å². The molecule has 3 heterocycles. The fourth-order valence-electron chi connectivity index (χ4n) is 4.77. The molecule has 3 aliphatic rings. The Morgan fingerprint density at radius 3 is 2.52 bits per heavy atom. The van der Waals surface area contributed by atoms with E-state index in [0.29, 0.717) is 23.4 Å². The lowest BCUT2D eigenvalue weighted by atomic mass is 10.0. The number of halogens is 1. The smallest absolute Gasteiger partial charge is 0.324 e. The molecule has 2 aromatic rings. The number of benzene rings is 2. The Kier molecular flexibility index (Phi) is 5.10. The van der Waals surface area contributed by atoms with Crippen molar-refractivity contribution in [3.63, 3.8) is 0 Å². The van der Waals surface area contributed by atoms with E-state index in [1.807, 2.05) is 46.2 Å². The Morgan fingerprint density at radius 1 is 0.966 bits per heavy atom. The maximum atomic E-state index is 13.6.